The van der Waals surface area contributed by atoms with Crippen LogP contribution in [-0.2, 0) is 5.33 Å². The van der Waals surface area contributed by atoms with Gasteiger partial charge in [-0.05, 0) is 6.07 Å². The van der Waals surface area contributed by atoms with Crippen molar-refractivity contribution in [2.24, 2.45) is 0 Å². The molecule has 0 aliphatic rings. The molecule has 0 aliphatic carbocycles. The summed E-state index contributed by atoms with van der Waals surface area (Å²) in [7, 11) is 0. The van der Waals surface area contributed by atoms with E-state index in [0.717, 1.165) is 6.07 Å². The molecule has 0 aromatic carbocycles. The van der Waals surface area contributed by atoms with Crippen molar-refractivity contribution >= 4 is 22.2 Å². The van der Waals surface area contributed by atoms with E-state index in [4.69, 9.17) is 0 Å². The number of aromatic amines is 1. The smallest absolute Gasteiger partial charge is 0.265 e. The molecule has 1 rings (SSSR count). The maximum atomic E-state index is 12.4. The molecule has 0 atom stereocenters. The predicted molar refractivity (Wildman–Crippen MR) is 50.0 cm³/mol. The molecule has 76 valence electrons. The van der Waals surface area contributed by atoms with E-state index in [2.05, 4.69) is 20.9 Å². The highest BCUT2D eigenvalue weighted by Crippen LogP contribution is 2.22. The minimum Gasteiger partial charge on any atom is -0.324 e. The van der Waals surface area contributed by atoms with Crippen molar-refractivity contribution in [1.29, 1.82) is 0 Å². The van der Waals surface area contributed by atoms with E-state index in [-0.39, 0.29) is 28.4 Å². The molecule has 1 aromatic rings. The number of hydrogen-bond donors (Lipinski definition) is 1. The van der Waals surface area contributed by atoms with Gasteiger partial charge in [-0.15, -0.1) is 0 Å². The summed E-state index contributed by atoms with van der Waals surface area (Å²) in [4.78, 5) is 23.6. The number of nitrogens with one attached hydrogen (secondary N) is 1. The number of halogens is 3. The van der Waals surface area contributed by atoms with Gasteiger partial charge in [0.05, 0.1) is 5.56 Å². The summed E-state index contributed by atoms with van der Waals surface area (Å²) >= 11 is 2.97. The van der Waals surface area contributed by atoms with E-state index in [1.165, 1.54) is 0 Å². The van der Waals surface area contributed by atoms with Crippen LogP contribution in [0.3, 0.4) is 0 Å². The number of pyridine rings is 1. The zero-order valence-corrected chi connectivity index (χ0v) is 8.48. The molecule has 0 saturated heterocycles. The fraction of sp³-hybridized carbons (Fsp3) is 0.250. The maximum Gasteiger partial charge on any atom is 0.265 e. The third kappa shape index (κ3) is 2.06. The van der Waals surface area contributed by atoms with Gasteiger partial charge in [-0.3, -0.25) is 9.59 Å². The van der Waals surface area contributed by atoms with E-state index in [1.54, 1.807) is 0 Å². The SMILES string of the molecule is O=Cc1cc(C(F)F)c(CBr)[nH]c1=O. The summed E-state index contributed by atoms with van der Waals surface area (Å²) in [6.45, 7) is 0. The summed E-state index contributed by atoms with van der Waals surface area (Å²) in [5.74, 6) is 0. The lowest BCUT2D eigenvalue weighted by molar-refractivity contribution is 0.112. The topological polar surface area (TPSA) is 49.9 Å². The van der Waals surface area contributed by atoms with Crippen LogP contribution in [0.15, 0.2) is 10.9 Å². The number of rotatable bonds is 3. The van der Waals surface area contributed by atoms with Crippen LogP contribution in [0.25, 0.3) is 0 Å². The third-order valence-corrected chi connectivity index (χ3v) is 2.24. The first kappa shape index (κ1) is 11.0. The standard InChI is InChI=1S/C8H6BrF2NO2/c9-2-6-5(7(10)11)1-4(3-13)8(14)12-6/h1,3,7H,2H2,(H,12,14). The molecule has 1 N–H and O–H groups in total. The molecule has 1 aromatic heterocycles. The summed E-state index contributed by atoms with van der Waals surface area (Å²) in [5, 5.41) is 0.112. The van der Waals surface area contributed by atoms with E-state index < -0.39 is 12.0 Å². The van der Waals surface area contributed by atoms with Gasteiger partial charge in [0.15, 0.2) is 6.29 Å². The van der Waals surface area contributed by atoms with E-state index in [9.17, 15) is 18.4 Å². The monoisotopic (exact) mass is 265 g/mol. The Morgan fingerprint density at radius 1 is 1.57 bits per heavy atom. The second kappa shape index (κ2) is 4.45. The molecule has 0 bridgehead atoms. The molecular formula is C8H6BrF2NO2. The van der Waals surface area contributed by atoms with Crippen LogP contribution >= 0.6 is 15.9 Å². The highest BCUT2D eigenvalue weighted by atomic mass is 79.9. The Kier molecular flexibility index (Phi) is 3.51. The number of aldehydes is 1. The molecule has 0 spiro atoms. The second-order valence-electron chi connectivity index (χ2n) is 2.54. The van der Waals surface area contributed by atoms with Crippen molar-refractivity contribution in [3.63, 3.8) is 0 Å². The molecule has 0 amide bonds. The minimum atomic E-state index is -2.71. The van der Waals surface area contributed by atoms with Gasteiger partial charge in [0, 0.05) is 16.6 Å². The Labute approximate surface area is 86.3 Å². The number of carbonyl (C=O) groups excluding carboxylic acids is 1. The Morgan fingerprint density at radius 2 is 2.21 bits per heavy atom. The Morgan fingerprint density at radius 3 is 2.64 bits per heavy atom. The minimum absolute atomic E-state index is 0.0931. The lowest BCUT2D eigenvalue weighted by Crippen LogP contribution is -2.16. The van der Waals surface area contributed by atoms with E-state index in [1.807, 2.05) is 0 Å². The van der Waals surface area contributed by atoms with Crippen molar-refractivity contribution in [3.8, 4) is 0 Å². The Bertz CT molecular complexity index is 403. The van der Waals surface area contributed by atoms with Crippen LogP contribution in [-0.4, -0.2) is 11.3 Å². The number of alkyl halides is 3. The van der Waals surface area contributed by atoms with Gasteiger partial charge in [-0.2, -0.15) is 0 Å². The number of H-pyrrole nitrogens is 1. The Balaban J connectivity index is 3.39. The summed E-state index contributed by atoms with van der Waals surface area (Å²) in [5.41, 5.74) is -1.18. The van der Waals surface area contributed by atoms with Crippen LogP contribution < -0.4 is 5.56 Å². The molecule has 6 heteroatoms. The largest absolute Gasteiger partial charge is 0.324 e. The highest BCUT2D eigenvalue weighted by Gasteiger charge is 2.15. The van der Waals surface area contributed by atoms with Gasteiger partial charge in [0.25, 0.3) is 12.0 Å². The fourth-order valence-electron chi connectivity index (χ4n) is 0.994. The molecule has 1 heterocycles. The molecule has 0 fully saturated rings. The zero-order chi connectivity index (χ0) is 10.7. The van der Waals surface area contributed by atoms with Crippen LogP contribution in [0.2, 0.25) is 0 Å². The molecule has 0 saturated carbocycles. The molecule has 3 nitrogen and oxygen atoms in total. The van der Waals surface area contributed by atoms with Gasteiger partial charge in [-0.25, -0.2) is 8.78 Å². The number of hydrogen-bond acceptors (Lipinski definition) is 2. The normalized spacial score (nSPS) is 10.6. The number of carbonyl (C=O) groups is 1. The van der Waals surface area contributed by atoms with Gasteiger partial charge >= 0.3 is 0 Å². The number of aromatic nitrogens is 1. The van der Waals surface area contributed by atoms with Gasteiger partial charge < -0.3 is 4.98 Å². The lowest BCUT2D eigenvalue weighted by atomic mass is 10.1. The highest BCUT2D eigenvalue weighted by molar-refractivity contribution is 9.08. The quantitative estimate of drug-likeness (QED) is 0.672. The van der Waals surface area contributed by atoms with E-state index >= 15 is 0 Å². The van der Waals surface area contributed by atoms with Crippen molar-refractivity contribution < 1.29 is 13.6 Å². The van der Waals surface area contributed by atoms with Gasteiger partial charge in [0.1, 0.15) is 0 Å². The molecule has 0 aliphatic heterocycles. The molecular weight excluding hydrogens is 260 g/mol. The zero-order valence-electron chi connectivity index (χ0n) is 6.89. The van der Waals surface area contributed by atoms with E-state index in [0.29, 0.717) is 0 Å². The lowest BCUT2D eigenvalue weighted by Gasteiger charge is -2.05. The van der Waals surface area contributed by atoms with Crippen LogP contribution in [0.5, 0.6) is 0 Å². The van der Waals surface area contributed by atoms with Crippen molar-refractivity contribution in [2.75, 3.05) is 0 Å². The van der Waals surface area contributed by atoms with Crippen LogP contribution in [0.4, 0.5) is 8.78 Å². The first-order chi connectivity index (χ1) is 6.60. The first-order valence-electron chi connectivity index (χ1n) is 3.65. The van der Waals surface area contributed by atoms with Crippen LogP contribution in [0, 0.1) is 0 Å². The van der Waals surface area contributed by atoms with Crippen molar-refractivity contribution in [1.82, 2.24) is 4.98 Å². The van der Waals surface area contributed by atoms with Crippen molar-refractivity contribution in [2.45, 2.75) is 11.8 Å². The van der Waals surface area contributed by atoms with Gasteiger partial charge in [-0.1, -0.05) is 15.9 Å². The average Bonchev–Trinajstić information content (AvgIpc) is 2.16. The van der Waals surface area contributed by atoms with Gasteiger partial charge in [0.2, 0.25) is 0 Å². The van der Waals surface area contributed by atoms with Crippen LogP contribution in [0.1, 0.15) is 28.0 Å². The fourth-order valence-corrected chi connectivity index (χ4v) is 1.46. The molecule has 0 unspecified atom stereocenters. The average molecular weight is 266 g/mol. The maximum absolute atomic E-state index is 12.4. The van der Waals surface area contributed by atoms with Crippen molar-refractivity contribution in [3.05, 3.63) is 33.2 Å². The second-order valence-corrected chi connectivity index (χ2v) is 3.10. The summed E-state index contributed by atoms with van der Waals surface area (Å²) < 4.78 is 24.8. The Hall–Kier alpha value is -1.04. The first-order valence-corrected chi connectivity index (χ1v) is 4.77. The summed E-state index contributed by atoms with van der Waals surface area (Å²) in [6, 6.07) is 0.910. The summed E-state index contributed by atoms with van der Waals surface area (Å²) in [6.07, 6.45) is -2.46. The molecule has 14 heavy (non-hydrogen) atoms. The molecule has 0 radical (unpaired) electrons. The third-order valence-electron chi connectivity index (χ3n) is 1.68. The predicted octanol–water partition coefficient (Wildman–Crippen LogP) is 2.02.